The van der Waals surface area contributed by atoms with Crippen molar-refractivity contribution < 1.29 is 9.66 Å². The van der Waals surface area contributed by atoms with Crippen molar-refractivity contribution in [2.24, 2.45) is 0 Å². The van der Waals surface area contributed by atoms with Gasteiger partial charge in [-0.2, -0.15) is 0 Å². The van der Waals surface area contributed by atoms with Crippen molar-refractivity contribution in [3.63, 3.8) is 0 Å². The molecule has 0 atom stereocenters. The van der Waals surface area contributed by atoms with Gasteiger partial charge in [0.1, 0.15) is 12.4 Å². The zero-order valence-corrected chi connectivity index (χ0v) is 10.0. The van der Waals surface area contributed by atoms with Gasteiger partial charge in [-0.15, -0.1) is 0 Å². The van der Waals surface area contributed by atoms with Crippen LogP contribution in [0.5, 0.6) is 5.75 Å². The van der Waals surface area contributed by atoms with Crippen LogP contribution in [0, 0.1) is 10.1 Å². The van der Waals surface area contributed by atoms with Gasteiger partial charge in [0.25, 0.3) is 5.69 Å². The van der Waals surface area contributed by atoms with E-state index in [1.807, 2.05) is 6.92 Å². The minimum atomic E-state index is -0.415. The summed E-state index contributed by atoms with van der Waals surface area (Å²) in [5.74, 6) is 0.646. The molecule has 0 radical (unpaired) electrons. The molecule has 0 fully saturated rings. The van der Waals surface area contributed by atoms with E-state index in [9.17, 15) is 10.1 Å². The van der Waals surface area contributed by atoms with Crippen molar-refractivity contribution in [2.75, 3.05) is 13.7 Å². The standard InChI is InChI=1S/C12H16N2O3/c1-9(2)8-17-12-5-4-11(14(15)16)6-10(12)7-13-3/h4-6,13H,1,7-8H2,2-3H3. The van der Waals surface area contributed by atoms with Crippen molar-refractivity contribution in [2.45, 2.75) is 13.5 Å². The number of nitro benzene ring substituents is 1. The first-order valence-corrected chi connectivity index (χ1v) is 5.23. The Balaban J connectivity index is 2.95. The highest BCUT2D eigenvalue weighted by atomic mass is 16.6. The number of ether oxygens (including phenoxy) is 1. The highest BCUT2D eigenvalue weighted by Crippen LogP contribution is 2.24. The van der Waals surface area contributed by atoms with Crippen molar-refractivity contribution >= 4 is 5.69 Å². The first kappa shape index (κ1) is 13.2. The Morgan fingerprint density at radius 3 is 2.82 bits per heavy atom. The van der Waals surface area contributed by atoms with E-state index in [0.717, 1.165) is 11.1 Å². The largest absolute Gasteiger partial charge is 0.489 e. The number of hydrogen-bond acceptors (Lipinski definition) is 4. The summed E-state index contributed by atoms with van der Waals surface area (Å²) in [4.78, 5) is 10.3. The van der Waals surface area contributed by atoms with E-state index < -0.39 is 4.92 Å². The second kappa shape index (κ2) is 6.00. The number of non-ortho nitro benzene ring substituents is 1. The average Bonchev–Trinajstić information content (AvgIpc) is 2.27. The lowest BCUT2D eigenvalue weighted by molar-refractivity contribution is -0.384. The van der Waals surface area contributed by atoms with Crippen LogP contribution in [0.15, 0.2) is 30.4 Å². The number of hydrogen-bond donors (Lipinski definition) is 1. The Morgan fingerprint density at radius 2 is 2.29 bits per heavy atom. The third-order valence-electron chi connectivity index (χ3n) is 2.10. The van der Waals surface area contributed by atoms with E-state index in [1.165, 1.54) is 12.1 Å². The summed E-state index contributed by atoms with van der Waals surface area (Å²) in [5.41, 5.74) is 1.74. The van der Waals surface area contributed by atoms with Crippen LogP contribution in [0.4, 0.5) is 5.69 Å². The lowest BCUT2D eigenvalue weighted by Crippen LogP contribution is -2.09. The van der Waals surface area contributed by atoms with Crippen LogP contribution in [0.1, 0.15) is 12.5 Å². The topological polar surface area (TPSA) is 64.4 Å². The van der Waals surface area contributed by atoms with E-state index >= 15 is 0 Å². The van der Waals surface area contributed by atoms with E-state index in [2.05, 4.69) is 11.9 Å². The summed E-state index contributed by atoms with van der Waals surface area (Å²) in [5, 5.41) is 13.6. The van der Waals surface area contributed by atoms with Gasteiger partial charge in [-0.1, -0.05) is 6.58 Å². The van der Waals surface area contributed by atoms with Gasteiger partial charge in [0.2, 0.25) is 0 Å². The molecule has 0 unspecified atom stereocenters. The summed E-state index contributed by atoms with van der Waals surface area (Å²) >= 11 is 0. The number of rotatable bonds is 6. The number of nitro groups is 1. The molecule has 1 aromatic carbocycles. The minimum Gasteiger partial charge on any atom is -0.489 e. The Morgan fingerprint density at radius 1 is 1.59 bits per heavy atom. The third kappa shape index (κ3) is 3.88. The summed E-state index contributed by atoms with van der Waals surface area (Å²) in [6, 6.07) is 4.57. The van der Waals surface area contributed by atoms with E-state index in [4.69, 9.17) is 4.74 Å². The quantitative estimate of drug-likeness (QED) is 0.467. The Kier molecular flexibility index (Phi) is 4.66. The van der Waals surface area contributed by atoms with Crippen molar-refractivity contribution in [1.29, 1.82) is 0 Å². The molecule has 0 amide bonds. The van der Waals surface area contributed by atoms with Gasteiger partial charge in [0, 0.05) is 24.2 Å². The van der Waals surface area contributed by atoms with E-state index in [0.29, 0.717) is 18.9 Å². The first-order chi connectivity index (χ1) is 8.04. The molecule has 1 rings (SSSR count). The molecule has 92 valence electrons. The highest BCUT2D eigenvalue weighted by molar-refractivity contribution is 5.43. The molecule has 0 aliphatic rings. The first-order valence-electron chi connectivity index (χ1n) is 5.23. The summed E-state index contributed by atoms with van der Waals surface area (Å²) in [6.45, 7) is 6.54. The predicted molar refractivity (Wildman–Crippen MR) is 66.2 cm³/mol. The van der Waals surface area contributed by atoms with Crippen LogP contribution in [0.3, 0.4) is 0 Å². The van der Waals surface area contributed by atoms with Gasteiger partial charge in [-0.3, -0.25) is 10.1 Å². The minimum absolute atomic E-state index is 0.0675. The van der Waals surface area contributed by atoms with Gasteiger partial charge in [0.15, 0.2) is 0 Å². The lowest BCUT2D eigenvalue weighted by atomic mass is 10.1. The maximum Gasteiger partial charge on any atom is 0.270 e. The van der Waals surface area contributed by atoms with Crippen LogP contribution < -0.4 is 10.1 Å². The molecule has 1 N–H and O–H groups in total. The maximum atomic E-state index is 10.7. The fraction of sp³-hybridized carbons (Fsp3) is 0.333. The monoisotopic (exact) mass is 236 g/mol. The van der Waals surface area contributed by atoms with Crippen molar-refractivity contribution in [1.82, 2.24) is 5.32 Å². The van der Waals surface area contributed by atoms with Crippen molar-refractivity contribution in [3.8, 4) is 5.75 Å². The van der Waals surface area contributed by atoms with Crippen LogP contribution in [-0.4, -0.2) is 18.6 Å². The number of nitrogens with zero attached hydrogens (tertiary/aromatic N) is 1. The van der Waals surface area contributed by atoms with Gasteiger partial charge in [-0.25, -0.2) is 0 Å². The number of benzene rings is 1. The fourth-order valence-corrected chi connectivity index (χ4v) is 1.35. The second-order valence-corrected chi connectivity index (χ2v) is 3.83. The molecule has 0 saturated heterocycles. The van der Waals surface area contributed by atoms with Crippen molar-refractivity contribution in [3.05, 3.63) is 46.0 Å². The molecule has 0 aromatic heterocycles. The molecule has 0 spiro atoms. The predicted octanol–water partition coefficient (Wildman–Crippen LogP) is 2.27. The van der Waals surface area contributed by atoms with E-state index in [-0.39, 0.29) is 5.69 Å². The number of nitrogens with one attached hydrogen (secondary N) is 1. The Hall–Kier alpha value is -1.88. The zero-order chi connectivity index (χ0) is 12.8. The lowest BCUT2D eigenvalue weighted by Gasteiger charge is -2.11. The van der Waals surface area contributed by atoms with Crippen LogP contribution in [0.2, 0.25) is 0 Å². The van der Waals surface area contributed by atoms with Gasteiger partial charge in [0.05, 0.1) is 4.92 Å². The normalized spacial score (nSPS) is 10.0. The zero-order valence-electron chi connectivity index (χ0n) is 10.0. The fourth-order valence-electron chi connectivity index (χ4n) is 1.35. The molecule has 0 heterocycles. The second-order valence-electron chi connectivity index (χ2n) is 3.83. The molecule has 1 aromatic rings. The van der Waals surface area contributed by atoms with Crippen LogP contribution in [0.25, 0.3) is 0 Å². The highest BCUT2D eigenvalue weighted by Gasteiger charge is 2.11. The Labute approximate surface area is 100 Å². The molecule has 5 nitrogen and oxygen atoms in total. The summed E-state index contributed by atoms with van der Waals surface area (Å²) < 4.78 is 5.52. The van der Waals surface area contributed by atoms with E-state index in [1.54, 1.807) is 13.1 Å². The van der Waals surface area contributed by atoms with Gasteiger partial charge >= 0.3 is 0 Å². The molecule has 0 saturated carbocycles. The average molecular weight is 236 g/mol. The van der Waals surface area contributed by atoms with Gasteiger partial charge in [-0.05, 0) is 25.6 Å². The Bertz CT molecular complexity index is 430. The smallest absolute Gasteiger partial charge is 0.270 e. The molecule has 0 bridgehead atoms. The molecule has 5 heteroatoms. The third-order valence-corrected chi connectivity index (χ3v) is 2.10. The molecule has 0 aliphatic heterocycles. The maximum absolute atomic E-state index is 10.7. The van der Waals surface area contributed by atoms with Crippen LogP contribution >= 0.6 is 0 Å². The molecular formula is C12H16N2O3. The molecule has 17 heavy (non-hydrogen) atoms. The van der Waals surface area contributed by atoms with Gasteiger partial charge < -0.3 is 10.1 Å². The SMILES string of the molecule is C=C(C)COc1ccc([N+](=O)[O-])cc1CNC. The summed E-state index contributed by atoms with van der Waals surface area (Å²) in [7, 11) is 1.78. The molecule has 0 aliphatic carbocycles. The summed E-state index contributed by atoms with van der Waals surface area (Å²) in [6.07, 6.45) is 0. The van der Waals surface area contributed by atoms with Crippen LogP contribution in [-0.2, 0) is 6.54 Å². The molecular weight excluding hydrogens is 220 g/mol.